The third kappa shape index (κ3) is 3.06. The van der Waals surface area contributed by atoms with Gasteiger partial charge in [0.15, 0.2) is 0 Å². The highest BCUT2D eigenvalue weighted by Gasteiger charge is 2.48. The van der Waals surface area contributed by atoms with Gasteiger partial charge in [-0.25, -0.2) is 0 Å². The van der Waals surface area contributed by atoms with Crippen LogP contribution in [-0.2, 0) is 16.8 Å². The molecule has 3 aliphatic rings. The maximum absolute atomic E-state index is 12.8. The molecule has 1 spiro atoms. The Labute approximate surface area is 176 Å². The van der Waals surface area contributed by atoms with Gasteiger partial charge in [0.25, 0.3) is 5.91 Å². The van der Waals surface area contributed by atoms with Crippen molar-refractivity contribution in [3.63, 3.8) is 0 Å². The molecule has 0 saturated carbocycles. The largest absolute Gasteiger partial charge is 0.492 e. The number of hydrogen-bond acceptors (Lipinski definition) is 4. The Kier molecular flexibility index (Phi) is 4.54. The number of hydrogen-bond donors (Lipinski definition) is 1. The predicted molar refractivity (Wildman–Crippen MR) is 115 cm³/mol. The average Bonchev–Trinajstić information content (AvgIpc) is 3.17. The van der Waals surface area contributed by atoms with Gasteiger partial charge in [-0.1, -0.05) is 17.7 Å². The van der Waals surface area contributed by atoms with Crippen molar-refractivity contribution in [3.05, 3.63) is 58.7 Å². The number of carbonyl (C=O) groups excluding carboxylic acids is 2. The molecule has 3 heterocycles. The number of ether oxygens (including phenoxy) is 1. The minimum atomic E-state index is -0.378. The van der Waals surface area contributed by atoms with Gasteiger partial charge in [0.2, 0.25) is 5.91 Å². The van der Waals surface area contributed by atoms with Gasteiger partial charge in [-0.15, -0.1) is 0 Å². The topological polar surface area (TPSA) is 61.9 Å². The van der Waals surface area contributed by atoms with Gasteiger partial charge in [0, 0.05) is 31.4 Å². The van der Waals surface area contributed by atoms with Gasteiger partial charge >= 0.3 is 0 Å². The first-order valence-electron chi connectivity index (χ1n) is 10.6. The second kappa shape index (κ2) is 7.13. The first kappa shape index (κ1) is 19.1. The van der Waals surface area contributed by atoms with Crippen LogP contribution in [0.2, 0.25) is 0 Å². The van der Waals surface area contributed by atoms with E-state index in [1.807, 2.05) is 31.3 Å². The summed E-state index contributed by atoms with van der Waals surface area (Å²) in [5.41, 5.74) is 4.77. The molecule has 1 fully saturated rings. The first-order chi connectivity index (χ1) is 14.5. The van der Waals surface area contributed by atoms with Gasteiger partial charge in [-0.3, -0.25) is 14.5 Å². The van der Waals surface area contributed by atoms with Crippen molar-refractivity contribution < 1.29 is 14.3 Å². The van der Waals surface area contributed by atoms with Crippen LogP contribution in [-0.4, -0.2) is 54.9 Å². The molecule has 0 aromatic heterocycles. The summed E-state index contributed by atoms with van der Waals surface area (Å²) in [4.78, 5) is 28.9. The number of fused-ring (bicyclic) bond motifs is 3. The first-order valence-corrected chi connectivity index (χ1v) is 10.6. The zero-order valence-corrected chi connectivity index (χ0v) is 17.5. The number of aryl methyl sites for hydroxylation is 1. The minimum absolute atomic E-state index is 0.0755. The quantitative estimate of drug-likeness (QED) is 0.850. The van der Waals surface area contributed by atoms with E-state index in [0.29, 0.717) is 13.2 Å². The lowest BCUT2D eigenvalue weighted by Gasteiger charge is -2.38. The summed E-state index contributed by atoms with van der Waals surface area (Å²) in [5.74, 6) is 1.04. The highest BCUT2D eigenvalue weighted by molar-refractivity contribution is 6.06. The van der Waals surface area contributed by atoms with Crippen LogP contribution in [0.5, 0.6) is 5.75 Å². The van der Waals surface area contributed by atoms with Crippen LogP contribution in [0.3, 0.4) is 0 Å². The zero-order chi connectivity index (χ0) is 20.9. The Balaban J connectivity index is 1.17. The number of piperidine rings is 1. The molecule has 1 N–H and O–H groups in total. The van der Waals surface area contributed by atoms with Gasteiger partial charge in [0.1, 0.15) is 12.4 Å². The number of carbonyl (C=O) groups is 2. The summed E-state index contributed by atoms with van der Waals surface area (Å²) in [6, 6.07) is 12.0. The molecule has 30 heavy (non-hydrogen) atoms. The Morgan fingerprint density at radius 1 is 1.10 bits per heavy atom. The number of nitrogens with zero attached hydrogens (tertiary/aromatic N) is 2. The van der Waals surface area contributed by atoms with Crippen LogP contribution in [0, 0.1) is 6.92 Å². The fraction of sp³-hybridized carbons (Fsp3) is 0.417. The van der Waals surface area contributed by atoms with Gasteiger partial charge in [0.05, 0.1) is 5.41 Å². The van der Waals surface area contributed by atoms with E-state index in [4.69, 9.17) is 4.74 Å². The predicted octanol–water partition coefficient (Wildman–Crippen LogP) is 2.95. The van der Waals surface area contributed by atoms with E-state index in [1.54, 1.807) is 4.90 Å². The standard InChI is InChI=1S/C24H27N3O3/c1-16-3-6-21-20(13-16)24(23(29)25-21)7-9-27(10-8-24)11-12-30-18-4-5-19-17(14-18)15-26(2)22(19)28/h3-6,13-14H,7-12,15H2,1-2H3,(H,25,29). The molecule has 2 amide bonds. The van der Waals surface area contributed by atoms with Crippen molar-refractivity contribution in [1.29, 1.82) is 0 Å². The molecule has 0 atom stereocenters. The van der Waals surface area contributed by atoms with Crippen molar-refractivity contribution in [1.82, 2.24) is 9.80 Å². The van der Waals surface area contributed by atoms with Crippen molar-refractivity contribution >= 4 is 17.5 Å². The van der Waals surface area contributed by atoms with Crippen LogP contribution >= 0.6 is 0 Å². The van der Waals surface area contributed by atoms with E-state index in [-0.39, 0.29) is 17.2 Å². The van der Waals surface area contributed by atoms with E-state index in [0.717, 1.165) is 55.0 Å². The zero-order valence-electron chi connectivity index (χ0n) is 17.5. The third-order valence-corrected chi connectivity index (χ3v) is 6.82. The molecular weight excluding hydrogens is 378 g/mol. The summed E-state index contributed by atoms with van der Waals surface area (Å²) in [7, 11) is 1.82. The molecule has 156 valence electrons. The van der Waals surface area contributed by atoms with E-state index < -0.39 is 0 Å². The van der Waals surface area contributed by atoms with E-state index in [9.17, 15) is 9.59 Å². The normalized spacial score (nSPS) is 19.7. The number of likely N-dealkylation sites (tertiary alicyclic amines) is 1. The summed E-state index contributed by atoms with van der Waals surface area (Å²) in [6.07, 6.45) is 1.67. The second-order valence-electron chi connectivity index (χ2n) is 8.76. The van der Waals surface area contributed by atoms with Crippen LogP contribution in [0.25, 0.3) is 0 Å². The van der Waals surface area contributed by atoms with E-state index in [2.05, 4.69) is 29.3 Å². The highest BCUT2D eigenvalue weighted by atomic mass is 16.5. The van der Waals surface area contributed by atoms with Crippen molar-refractivity contribution in [2.75, 3.05) is 38.6 Å². The molecule has 0 aliphatic carbocycles. The maximum atomic E-state index is 12.8. The smallest absolute Gasteiger partial charge is 0.254 e. The van der Waals surface area contributed by atoms with Crippen LogP contribution < -0.4 is 10.1 Å². The summed E-state index contributed by atoms with van der Waals surface area (Å²) in [5, 5.41) is 3.08. The third-order valence-electron chi connectivity index (χ3n) is 6.82. The van der Waals surface area contributed by atoms with Crippen molar-refractivity contribution in [2.45, 2.75) is 31.7 Å². The number of nitrogens with one attached hydrogen (secondary N) is 1. The maximum Gasteiger partial charge on any atom is 0.254 e. The van der Waals surface area contributed by atoms with Gasteiger partial charge < -0.3 is 15.0 Å². The Hall–Kier alpha value is -2.86. The Morgan fingerprint density at radius 3 is 2.70 bits per heavy atom. The summed E-state index contributed by atoms with van der Waals surface area (Å²) >= 11 is 0. The Morgan fingerprint density at radius 2 is 1.90 bits per heavy atom. The summed E-state index contributed by atoms with van der Waals surface area (Å²) in [6.45, 7) is 5.91. The van der Waals surface area contributed by atoms with Gasteiger partial charge in [-0.2, -0.15) is 0 Å². The fourth-order valence-corrected chi connectivity index (χ4v) is 5.01. The SMILES string of the molecule is Cc1ccc2c(c1)C1(CCN(CCOc3ccc4c(c3)CN(C)C4=O)CC1)C(=O)N2. The molecular formula is C24H27N3O3. The number of anilines is 1. The van der Waals surface area contributed by atoms with Crippen molar-refractivity contribution in [3.8, 4) is 5.75 Å². The summed E-state index contributed by atoms with van der Waals surface area (Å²) < 4.78 is 5.96. The lowest BCUT2D eigenvalue weighted by molar-refractivity contribution is -0.122. The van der Waals surface area contributed by atoms with Crippen molar-refractivity contribution in [2.24, 2.45) is 0 Å². The molecule has 2 aromatic rings. The van der Waals surface area contributed by atoms with Crippen LogP contribution in [0.1, 0.15) is 39.9 Å². The van der Waals surface area contributed by atoms with E-state index in [1.165, 1.54) is 11.1 Å². The lowest BCUT2D eigenvalue weighted by Crippen LogP contribution is -2.47. The molecule has 6 nitrogen and oxygen atoms in total. The lowest BCUT2D eigenvalue weighted by atomic mass is 9.73. The minimum Gasteiger partial charge on any atom is -0.492 e. The number of benzene rings is 2. The molecule has 3 aliphatic heterocycles. The van der Waals surface area contributed by atoms with Crippen LogP contribution in [0.15, 0.2) is 36.4 Å². The fourth-order valence-electron chi connectivity index (χ4n) is 5.01. The molecule has 0 bridgehead atoms. The van der Waals surface area contributed by atoms with E-state index >= 15 is 0 Å². The number of amides is 2. The monoisotopic (exact) mass is 405 g/mol. The molecule has 0 unspecified atom stereocenters. The molecule has 2 aromatic carbocycles. The highest BCUT2D eigenvalue weighted by Crippen LogP contribution is 2.45. The van der Waals surface area contributed by atoms with Gasteiger partial charge in [-0.05, 0) is 68.2 Å². The Bertz CT molecular complexity index is 1020. The molecule has 5 rings (SSSR count). The second-order valence-corrected chi connectivity index (χ2v) is 8.76. The van der Waals surface area contributed by atoms with Crippen LogP contribution in [0.4, 0.5) is 5.69 Å². The molecule has 6 heteroatoms. The molecule has 0 radical (unpaired) electrons. The number of rotatable bonds is 4. The molecule has 1 saturated heterocycles. The average molecular weight is 405 g/mol.